The highest BCUT2D eigenvalue weighted by Crippen LogP contribution is 2.42. The summed E-state index contributed by atoms with van der Waals surface area (Å²) in [6, 6.07) is 8.80. The zero-order valence-electron chi connectivity index (χ0n) is 13.8. The molecular formula is C18H33N. The van der Waals surface area contributed by atoms with Crippen molar-refractivity contribution in [2.45, 2.75) is 72.6 Å². The highest BCUT2D eigenvalue weighted by atomic mass is 14.9. The number of rotatable bonds is 4. The minimum atomic E-state index is 0.409. The van der Waals surface area contributed by atoms with E-state index in [1.807, 2.05) is 27.7 Å². The first kappa shape index (κ1) is 18.0. The predicted molar refractivity (Wildman–Crippen MR) is 89.1 cm³/mol. The molecule has 0 amide bonds. The van der Waals surface area contributed by atoms with Crippen LogP contribution < -0.4 is 5.32 Å². The molecule has 0 aliphatic carbocycles. The third-order valence-corrected chi connectivity index (χ3v) is 3.80. The molecular weight excluding hydrogens is 230 g/mol. The fraction of sp³-hybridized carbons (Fsp3) is 0.667. The fourth-order valence-corrected chi connectivity index (χ4v) is 2.69. The Morgan fingerprint density at radius 1 is 1.05 bits per heavy atom. The molecule has 19 heavy (non-hydrogen) atoms. The molecule has 110 valence electrons. The molecule has 1 unspecified atom stereocenters. The molecule has 0 spiro atoms. The zero-order chi connectivity index (χ0) is 14.7. The summed E-state index contributed by atoms with van der Waals surface area (Å²) in [4.78, 5) is 0. The van der Waals surface area contributed by atoms with Crippen LogP contribution in [0.15, 0.2) is 24.3 Å². The molecule has 0 saturated heterocycles. The molecule has 1 aromatic rings. The highest BCUT2D eigenvalue weighted by molar-refractivity contribution is 5.60. The van der Waals surface area contributed by atoms with E-state index in [0.717, 1.165) is 6.54 Å². The molecule has 0 aromatic heterocycles. The van der Waals surface area contributed by atoms with Crippen LogP contribution in [-0.2, 0) is 5.41 Å². The molecule has 0 fully saturated rings. The van der Waals surface area contributed by atoms with Gasteiger partial charge in [0.05, 0.1) is 0 Å². The van der Waals surface area contributed by atoms with E-state index in [2.05, 4.69) is 43.4 Å². The van der Waals surface area contributed by atoms with Gasteiger partial charge in [-0.05, 0) is 24.5 Å². The maximum absolute atomic E-state index is 3.55. The Labute approximate surface area is 120 Å². The van der Waals surface area contributed by atoms with Gasteiger partial charge in [-0.25, -0.2) is 0 Å². The van der Waals surface area contributed by atoms with Gasteiger partial charge in [0.1, 0.15) is 0 Å². The number of benzene rings is 1. The van der Waals surface area contributed by atoms with Crippen LogP contribution in [0.1, 0.15) is 72.8 Å². The summed E-state index contributed by atoms with van der Waals surface area (Å²) >= 11 is 0. The third kappa shape index (κ3) is 4.26. The summed E-state index contributed by atoms with van der Waals surface area (Å²) in [5, 5.41) is 3.55. The van der Waals surface area contributed by atoms with Crippen molar-refractivity contribution in [3.05, 3.63) is 29.8 Å². The van der Waals surface area contributed by atoms with Gasteiger partial charge in [0.2, 0.25) is 0 Å². The smallest absolute Gasteiger partial charge is 0.0379 e. The standard InChI is InChI=1S/C14H21N.2C2H6/c1-3-5-10-14(4-2)11-15-13-9-7-6-8-12(13)14;2*1-2/h6-9,15H,3-5,10-11H2,1-2H3;2*1-2H3. The first-order chi connectivity index (χ1) is 9.32. The molecule has 2 rings (SSSR count). The van der Waals surface area contributed by atoms with Gasteiger partial charge in [-0.15, -0.1) is 0 Å². The average Bonchev–Trinajstić information content (AvgIpc) is 2.89. The average molecular weight is 263 g/mol. The van der Waals surface area contributed by atoms with E-state index in [9.17, 15) is 0 Å². The van der Waals surface area contributed by atoms with Crippen molar-refractivity contribution in [2.75, 3.05) is 11.9 Å². The normalized spacial score (nSPS) is 19.3. The lowest BCUT2D eigenvalue weighted by Gasteiger charge is -2.27. The van der Waals surface area contributed by atoms with E-state index >= 15 is 0 Å². The van der Waals surface area contributed by atoms with Crippen LogP contribution in [-0.4, -0.2) is 6.54 Å². The maximum Gasteiger partial charge on any atom is 0.0379 e. The van der Waals surface area contributed by atoms with E-state index in [1.165, 1.54) is 31.4 Å². The Balaban J connectivity index is 0.000000741. The number of fused-ring (bicyclic) bond motifs is 1. The maximum atomic E-state index is 3.55. The Bertz CT molecular complexity index is 332. The zero-order valence-corrected chi connectivity index (χ0v) is 13.8. The van der Waals surface area contributed by atoms with E-state index in [4.69, 9.17) is 0 Å². The largest absolute Gasteiger partial charge is 0.384 e. The van der Waals surface area contributed by atoms with Crippen molar-refractivity contribution in [1.82, 2.24) is 0 Å². The number of hydrogen-bond donors (Lipinski definition) is 1. The van der Waals surface area contributed by atoms with Crippen molar-refractivity contribution >= 4 is 5.69 Å². The SMILES string of the molecule is CC.CC.CCCCC1(CC)CNc2ccccc21. The van der Waals surface area contributed by atoms with Gasteiger partial charge < -0.3 is 5.32 Å². The van der Waals surface area contributed by atoms with Gasteiger partial charge in [-0.3, -0.25) is 0 Å². The number of unbranched alkanes of at least 4 members (excludes halogenated alkanes) is 1. The minimum Gasteiger partial charge on any atom is -0.384 e. The lowest BCUT2D eigenvalue weighted by atomic mass is 9.76. The highest BCUT2D eigenvalue weighted by Gasteiger charge is 2.35. The molecule has 1 aromatic carbocycles. The first-order valence-corrected chi connectivity index (χ1v) is 8.16. The molecule has 0 saturated carbocycles. The Morgan fingerprint density at radius 3 is 2.26 bits per heavy atom. The Morgan fingerprint density at radius 2 is 1.68 bits per heavy atom. The first-order valence-electron chi connectivity index (χ1n) is 8.16. The van der Waals surface area contributed by atoms with E-state index < -0.39 is 0 Å². The van der Waals surface area contributed by atoms with Crippen molar-refractivity contribution < 1.29 is 0 Å². The second kappa shape index (κ2) is 9.89. The molecule has 1 heteroatoms. The molecule has 1 heterocycles. The van der Waals surface area contributed by atoms with E-state index in [0.29, 0.717) is 5.41 Å². The van der Waals surface area contributed by atoms with Gasteiger partial charge in [-0.1, -0.05) is 72.6 Å². The van der Waals surface area contributed by atoms with Crippen LogP contribution in [0, 0.1) is 0 Å². The fourth-order valence-electron chi connectivity index (χ4n) is 2.69. The van der Waals surface area contributed by atoms with Gasteiger partial charge in [0.15, 0.2) is 0 Å². The molecule has 1 aliphatic heterocycles. The quantitative estimate of drug-likeness (QED) is 0.702. The Hall–Kier alpha value is -0.980. The van der Waals surface area contributed by atoms with Crippen LogP contribution in [0.2, 0.25) is 0 Å². The summed E-state index contributed by atoms with van der Waals surface area (Å²) in [5.41, 5.74) is 3.31. The molecule has 1 N–H and O–H groups in total. The third-order valence-electron chi connectivity index (χ3n) is 3.80. The summed E-state index contributed by atoms with van der Waals surface area (Å²) in [5.74, 6) is 0. The number of para-hydroxylation sites is 1. The van der Waals surface area contributed by atoms with E-state index in [-0.39, 0.29) is 0 Å². The number of anilines is 1. The lowest BCUT2D eigenvalue weighted by Crippen LogP contribution is -2.27. The van der Waals surface area contributed by atoms with Gasteiger partial charge >= 0.3 is 0 Å². The summed E-state index contributed by atoms with van der Waals surface area (Å²) in [6.07, 6.45) is 5.20. The van der Waals surface area contributed by atoms with Crippen LogP contribution in [0.4, 0.5) is 5.69 Å². The Kier molecular flexibility index (Phi) is 9.38. The second-order valence-corrected chi connectivity index (χ2v) is 4.64. The monoisotopic (exact) mass is 263 g/mol. The van der Waals surface area contributed by atoms with Crippen LogP contribution in [0.5, 0.6) is 0 Å². The lowest BCUT2D eigenvalue weighted by molar-refractivity contribution is 0.402. The van der Waals surface area contributed by atoms with Gasteiger partial charge in [0, 0.05) is 17.6 Å². The minimum absolute atomic E-state index is 0.409. The molecule has 0 bridgehead atoms. The molecule has 1 aliphatic rings. The van der Waals surface area contributed by atoms with Gasteiger partial charge in [0.25, 0.3) is 0 Å². The van der Waals surface area contributed by atoms with Gasteiger partial charge in [-0.2, -0.15) is 0 Å². The van der Waals surface area contributed by atoms with Crippen molar-refractivity contribution in [3.8, 4) is 0 Å². The van der Waals surface area contributed by atoms with Crippen LogP contribution in [0.25, 0.3) is 0 Å². The summed E-state index contributed by atoms with van der Waals surface area (Å²) < 4.78 is 0. The number of hydrogen-bond acceptors (Lipinski definition) is 1. The molecule has 0 radical (unpaired) electrons. The summed E-state index contributed by atoms with van der Waals surface area (Å²) in [6.45, 7) is 13.7. The van der Waals surface area contributed by atoms with Crippen LogP contribution in [0.3, 0.4) is 0 Å². The number of nitrogens with one attached hydrogen (secondary N) is 1. The van der Waals surface area contributed by atoms with Crippen molar-refractivity contribution in [2.24, 2.45) is 0 Å². The van der Waals surface area contributed by atoms with Crippen molar-refractivity contribution in [1.29, 1.82) is 0 Å². The van der Waals surface area contributed by atoms with Crippen molar-refractivity contribution in [3.63, 3.8) is 0 Å². The topological polar surface area (TPSA) is 12.0 Å². The second-order valence-electron chi connectivity index (χ2n) is 4.64. The summed E-state index contributed by atoms with van der Waals surface area (Å²) in [7, 11) is 0. The van der Waals surface area contributed by atoms with Crippen LogP contribution >= 0.6 is 0 Å². The molecule has 1 atom stereocenters. The molecule has 1 nitrogen and oxygen atoms in total. The van der Waals surface area contributed by atoms with E-state index in [1.54, 1.807) is 5.56 Å². The predicted octanol–water partition coefficient (Wildman–Crippen LogP) is 6.00.